The van der Waals surface area contributed by atoms with Gasteiger partial charge in [0.25, 0.3) is 5.91 Å². The van der Waals surface area contributed by atoms with Gasteiger partial charge in [-0.15, -0.1) is 0 Å². The Balaban J connectivity index is 1.92. The fourth-order valence-electron chi connectivity index (χ4n) is 4.52. The second-order valence-corrected chi connectivity index (χ2v) is 11.7. The summed E-state index contributed by atoms with van der Waals surface area (Å²) in [6, 6.07) is 6.64. The van der Waals surface area contributed by atoms with Crippen LogP contribution in [0.5, 0.6) is 0 Å². The van der Waals surface area contributed by atoms with E-state index in [1.54, 1.807) is 0 Å². The standard InChI is InChI=1S/C26H31ClF3N3O3S/c1-4-17-11-18(25(34)32-14-19-12-20(27)8-9-24(19)37(35,36)5-2)13-23(26(28,29)30)22(17)16-33-10-6-7-21(15-33)31-3/h4,8-9,11-13,21,31H,1,5-7,10,14-16H2,2-3H3,(H,32,34)/t21-/m0/s1. The summed E-state index contributed by atoms with van der Waals surface area (Å²) >= 11 is 6.02. The number of hydrogen-bond donors (Lipinski definition) is 2. The van der Waals surface area contributed by atoms with Crippen molar-refractivity contribution in [1.29, 1.82) is 0 Å². The number of piperidine rings is 1. The average molecular weight is 558 g/mol. The van der Waals surface area contributed by atoms with Crippen LogP contribution in [0.1, 0.15) is 52.4 Å². The number of likely N-dealkylation sites (tertiary alicyclic amines) is 1. The molecule has 2 aromatic rings. The number of rotatable bonds is 9. The monoisotopic (exact) mass is 557 g/mol. The van der Waals surface area contributed by atoms with E-state index < -0.39 is 27.5 Å². The summed E-state index contributed by atoms with van der Waals surface area (Å²) in [6.45, 7) is 6.33. The third-order valence-electron chi connectivity index (χ3n) is 6.54. The van der Waals surface area contributed by atoms with Gasteiger partial charge in [0.1, 0.15) is 0 Å². The van der Waals surface area contributed by atoms with E-state index >= 15 is 0 Å². The Hall–Kier alpha value is -2.40. The van der Waals surface area contributed by atoms with Crippen molar-refractivity contribution in [2.24, 2.45) is 0 Å². The maximum atomic E-state index is 14.1. The summed E-state index contributed by atoms with van der Waals surface area (Å²) in [4.78, 5) is 14.9. The van der Waals surface area contributed by atoms with Crippen LogP contribution in [0, 0.1) is 0 Å². The van der Waals surface area contributed by atoms with Crippen molar-refractivity contribution < 1.29 is 26.4 Å². The lowest BCUT2D eigenvalue weighted by atomic mass is 9.95. The number of carbonyl (C=O) groups is 1. The highest BCUT2D eigenvalue weighted by Crippen LogP contribution is 2.36. The third-order valence-corrected chi connectivity index (χ3v) is 8.61. The second-order valence-electron chi connectivity index (χ2n) is 8.99. The predicted octanol–water partition coefficient (Wildman–Crippen LogP) is 4.91. The largest absolute Gasteiger partial charge is 0.416 e. The molecule has 0 saturated carbocycles. The molecule has 0 unspecified atom stereocenters. The molecule has 0 aliphatic carbocycles. The number of nitrogens with zero attached hydrogens (tertiary/aromatic N) is 1. The number of halogens is 4. The minimum atomic E-state index is -4.68. The van der Waals surface area contributed by atoms with Crippen molar-refractivity contribution in [2.45, 2.75) is 50.0 Å². The molecule has 1 saturated heterocycles. The molecule has 37 heavy (non-hydrogen) atoms. The molecule has 2 N–H and O–H groups in total. The van der Waals surface area contributed by atoms with E-state index in [4.69, 9.17) is 11.6 Å². The predicted molar refractivity (Wildman–Crippen MR) is 139 cm³/mol. The molecule has 1 aliphatic rings. The Morgan fingerprint density at radius 2 is 2.00 bits per heavy atom. The fraction of sp³-hybridized carbons (Fsp3) is 0.423. The highest BCUT2D eigenvalue weighted by Gasteiger charge is 2.36. The Kier molecular flexibility index (Phi) is 9.44. The van der Waals surface area contributed by atoms with Gasteiger partial charge in [0.2, 0.25) is 0 Å². The first kappa shape index (κ1) is 29.2. The van der Waals surface area contributed by atoms with Crippen LogP contribution < -0.4 is 10.6 Å². The quantitative estimate of drug-likeness (QED) is 0.458. The fourth-order valence-corrected chi connectivity index (χ4v) is 5.83. The zero-order chi connectivity index (χ0) is 27.4. The van der Waals surface area contributed by atoms with E-state index in [0.717, 1.165) is 18.9 Å². The van der Waals surface area contributed by atoms with E-state index in [2.05, 4.69) is 17.2 Å². The van der Waals surface area contributed by atoms with Crippen LogP contribution in [0.25, 0.3) is 6.08 Å². The van der Waals surface area contributed by atoms with Crippen LogP contribution in [0.3, 0.4) is 0 Å². The van der Waals surface area contributed by atoms with E-state index in [-0.39, 0.29) is 57.1 Å². The van der Waals surface area contributed by atoms with Gasteiger partial charge < -0.3 is 10.6 Å². The number of carbonyl (C=O) groups excluding carboxylic acids is 1. The number of benzene rings is 2. The zero-order valence-corrected chi connectivity index (χ0v) is 22.4. The summed E-state index contributed by atoms with van der Waals surface area (Å²) in [7, 11) is -1.77. The molecule has 1 fully saturated rings. The number of nitrogens with one attached hydrogen (secondary N) is 2. The summed E-state index contributed by atoms with van der Waals surface area (Å²) < 4.78 is 67.3. The molecule has 6 nitrogen and oxygen atoms in total. The van der Waals surface area contributed by atoms with Gasteiger partial charge in [-0.2, -0.15) is 13.2 Å². The van der Waals surface area contributed by atoms with Crippen LogP contribution in [0.2, 0.25) is 5.02 Å². The summed E-state index contributed by atoms with van der Waals surface area (Å²) in [5.41, 5.74) is -0.535. The minimum Gasteiger partial charge on any atom is -0.348 e. The molecule has 1 amide bonds. The number of likely N-dealkylation sites (N-methyl/N-ethyl adjacent to an activating group) is 1. The zero-order valence-electron chi connectivity index (χ0n) is 20.8. The van der Waals surface area contributed by atoms with Crippen molar-refractivity contribution in [3.8, 4) is 0 Å². The maximum Gasteiger partial charge on any atom is 0.416 e. The Morgan fingerprint density at radius 3 is 2.62 bits per heavy atom. The topological polar surface area (TPSA) is 78.5 Å². The molecule has 1 heterocycles. The molecule has 11 heteroatoms. The van der Waals surface area contributed by atoms with Gasteiger partial charge in [-0.25, -0.2) is 8.42 Å². The van der Waals surface area contributed by atoms with Crippen molar-refractivity contribution >= 4 is 33.4 Å². The van der Waals surface area contributed by atoms with Crippen molar-refractivity contribution in [1.82, 2.24) is 15.5 Å². The molecule has 202 valence electrons. The van der Waals surface area contributed by atoms with Crippen LogP contribution >= 0.6 is 11.6 Å². The summed E-state index contributed by atoms with van der Waals surface area (Å²) in [6.07, 6.45) is -1.53. The Labute approximate surface area is 220 Å². The van der Waals surface area contributed by atoms with Crippen molar-refractivity contribution in [3.63, 3.8) is 0 Å². The SMILES string of the molecule is C=Cc1cc(C(=O)NCc2cc(Cl)ccc2S(=O)(=O)CC)cc(C(F)(F)F)c1CN1CCC[C@H](NC)C1. The van der Waals surface area contributed by atoms with Gasteiger partial charge in [0.15, 0.2) is 9.84 Å². The molecular formula is C26H31ClF3N3O3S. The number of amides is 1. The van der Waals surface area contributed by atoms with Crippen LogP contribution in [0.4, 0.5) is 13.2 Å². The summed E-state index contributed by atoms with van der Waals surface area (Å²) in [5.74, 6) is -0.922. The first-order chi connectivity index (χ1) is 17.4. The van der Waals surface area contributed by atoms with E-state index in [1.165, 1.54) is 37.3 Å². The van der Waals surface area contributed by atoms with Gasteiger partial charge in [-0.05, 0) is 73.5 Å². The van der Waals surface area contributed by atoms with Gasteiger partial charge >= 0.3 is 6.18 Å². The molecule has 1 atom stereocenters. The van der Waals surface area contributed by atoms with E-state index in [0.29, 0.717) is 13.1 Å². The molecule has 3 rings (SSSR count). The van der Waals surface area contributed by atoms with Crippen LogP contribution in [0.15, 0.2) is 41.8 Å². The van der Waals surface area contributed by atoms with Crippen molar-refractivity contribution in [3.05, 3.63) is 69.8 Å². The molecular weight excluding hydrogens is 527 g/mol. The average Bonchev–Trinajstić information content (AvgIpc) is 2.86. The molecule has 0 radical (unpaired) electrons. The minimum absolute atomic E-state index is 0.0132. The van der Waals surface area contributed by atoms with Crippen LogP contribution in [-0.4, -0.2) is 51.2 Å². The maximum absolute atomic E-state index is 14.1. The Bertz CT molecular complexity index is 1270. The lowest BCUT2D eigenvalue weighted by molar-refractivity contribution is -0.138. The van der Waals surface area contributed by atoms with Gasteiger partial charge in [-0.3, -0.25) is 9.69 Å². The van der Waals surface area contributed by atoms with E-state index in [1.807, 2.05) is 11.9 Å². The van der Waals surface area contributed by atoms with Gasteiger partial charge in [-0.1, -0.05) is 31.2 Å². The normalized spacial score (nSPS) is 17.0. The van der Waals surface area contributed by atoms with Crippen molar-refractivity contribution in [2.75, 3.05) is 25.9 Å². The lowest BCUT2D eigenvalue weighted by Gasteiger charge is -2.33. The number of alkyl halides is 3. The number of sulfone groups is 1. The summed E-state index contributed by atoms with van der Waals surface area (Å²) in [5, 5.41) is 6.00. The first-order valence-electron chi connectivity index (χ1n) is 11.9. The highest BCUT2D eigenvalue weighted by atomic mass is 35.5. The number of hydrogen-bond acceptors (Lipinski definition) is 5. The van der Waals surface area contributed by atoms with E-state index in [9.17, 15) is 26.4 Å². The molecule has 0 spiro atoms. The molecule has 0 aromatic heterocycles. The van der Waals surface area contributed by atoms with Crippen LogP contribution in [-0.2, 0) is 29.1 Å². The molecule has 1 aliphatic heterocycles. The molecule has 0 bridgehead atoms. The highest BCUT2D eigenvalue weighted by molar-refractivity contribution is 7.91. The molecule has 2 aromatic carbocycles. The van der Waals surface area contributed by atoms with Gasteiger partial charge in [0.05, 0.1) is 16.2 Å². The lowest BCUT2D eigenvalue weighted by Crippen LogP contribution is -2.44. The third kappa shape index (κ3) is 7.13. The smallest absolute Gasteiger partial charge is 0.348 e. The van der Waals surface area contributed by atoms with Gasteiger partial charge in [0, 0.05) is 36.3 Å². The Morgan fingerprint density at radius 1 is 1.27 bits per heavy atom. The first-order valence-corrected chi connectivity index (χ1v) is 14.0. The second kappa shape index (κ2) is 12.0.